The van der Waals surface area contributed by atoms with Crippen molar-refractivity contribution in [2.24, 2.45) is 5.92 Å². The number of amides is 1. The highest BCUT2D eigenvalue weighted by molar-refractivity contribution is 7.91. The van der Waals surface area contributed by atoms with E-state index < -0.39 is 9.84 Å². The molecule has 1 saturated heterocycles. The third kappa shape index (κ3) is 3.21. The summed E-state index contributed by atoms with van der Waals surface area (Å²) in [5, 5.41) is 8.55. The molecule has 1 N–H and O–H groups in total. The van der Waals surface area contributed by atoms with Gasteiger partial charge in [0.25, 0.3) is 5.91 Å². The van der Waals surface area contributed by atoms with Gasteiger partial charge >= 0.3 is 0 Å². The van der Waals surface area contributed by atoms with Crippen LogP contribution in [0.25, 0.3) is 11.0 Å². The Bertz CT molecular complexity index is 1070. The lowest BCUT2D eigenvalue weighted by atomic mass is 10.1. The first-order valence-electron chi connectivity index (χ1n) is 10.2. The zero-order chi connectivity index (χ0) is 19.6. The molecular formula is C20H26N4O3S. The lowest BCUT2D eigenvalue weighted by Crippen LogP contribution is -2.34. The maximum Gasteiger partial charge on any atom is 0.252 e. The van der Waals surface area contributed by atoms with Crippen molar-refractivity contribution in [3.05, 3.63) is 23.0 Å². The second-order valence-corrected chi connectivity index (χ2v) is 11.0. The van der Waals surface area contributed by atoms with Gasteiger partial charge in [-0.05, 0) is 57.9 Å². The first-order chi connectivity index (χ1) is 13.3. The van der Waals surface area contributed by atoms with E-state index in [2.05, 4.69) is 17.3 Å². The smallest absolute Gasteiger partial charge is 0.252 e. The largest absolute Gasteiger partial charge is 0.349 e. The number of hydrogen-bond donors (Lipinski definition) is 1. The molecule has 3 fully saturated rings. The number of carbonyl (C=O) groups excluding carboxylic acids is 1. The van der Waals surface area contributed by atoms with E-state index in [1.165, 1.54) is 12.8 Å². The highest BCUT2D eigenvalue weighted by atomic mass is 32.2. The minimum atomic E-state index is -3.03. The van der Waals surface area contributed by atoms with Gasteiger partial charge in [-0.2, -0.15) is 5.10 Å². The molecule has 2 aromatic heterocycles. The molecule has 0 unspecified atom stereocenters. The quantitative estimate of drug-likeness (QED) is 0.829. The number of aromatic nitrogens is 3. The summed E-state index contributed by atoms with van der Waals surface area (Å²) in [6.07, 6.45) is 5.07. The first kappa shape index (κ1) is 18.1. The molecular weight excluding hydrogens is 376 g/mol. The minimum absolute atomic E-state index is 0.0737. The predicted molar refractivity (Wildman–Crippen MR) is 106 cm³/mol. The van der Waals surface area contributed by atoms with Crippen molar-refractivity contribution >= 4 is 26.8 Å². The number of fused-ring (bicyclic) bond motifs is 1. The second-order valence-electron chi connectivity index (χ2n) is 8.75. The molecule has 2 saturated carbocycles. The van der Waals surface area contributed by atoms with Crippen molar-refractivity contribution in [3.63, 3.8) is 0 Å². The number of aryl methyl sites for hydroxylation is 1. The molecule has 3 heterocycles. The molecule has 0 bridgehead atoms. The van der Waals surface area contributed by atoms with Crippen LogP contribution in [0.2, 0.25) is 0 Å². The van der Waals surface area contributed by atoms with Crippen LogP contribution in [0.3, 0.4) is 0 Å². The van der Waals surface area contributed by atoms with Gasteiger partial charge in [-0.1, -0.05) is 0 Å². The molecule has 2 atom stereocenters. The lowest BCUT2D eigenvalue weighted by molar-refractivity contribution is 0.0937. The van der Waals surface area contributed by atoms with E-state index in [1.807, 2.05) is 13.0 Å². The summed E-state index contributed by atoms with van der Waals surface area (Å²) in [6, 6.07) is 1.89. The van der Waals surface area contributed by atoms with E-state index in [0.717, 1.165) is 29.6 Å². The van der Waals surface area contributed by atoms with Crippen molar-refractivity contribution in [1.29, 1.82) is 0 Å². The van der Waals surface area contributed by atoms with Crippen LogP contribution in [-0.2, 0) is 9.84 Å². The van der Waals surface area contributed by atoms with Crippen molar-refractivity contribution in [2.75, 3.05) is 11.5 Å². The summed E-state index contributed by atoms with van der Waals surface area (Å²) >= 11 is 0. The van der Waals surface area contributed by atoms with Gasteiger partial charge in [0.1, 0.15) is 0 Å². The van der Waals surface area contributed by atoms with E-state index in [1.54, 1.807) is 4.68 Å². The van der Waals surface area contributed by atoms with Crippen LogP contribution >= 0.6 is 0 Å². The summed E-state index contributed by atoms with van der Waals surface area (Å²) in [6.45, 7) is 3.94. The number of nitrogens with one attached hydrogen (secondary N) is 1. The van der Waals surface area contributed by atoms with Crippen molar-refractivity contribution in [1.82, 2.24) is 20.1 Å². The van der Waals surface area contributed by atoms with Gasteiger partial charge in [0.05, 0.1) is 34.2 Å². The molecule has 7 nitrogen and oxygen atoms in total. The molecule has 0 radical (unpaired) electrons. The fourth-order valence-corrected chi connectivity index (χ4v) is 6.01. The number of hydrogen-bond acceptors (Lipinski definition) is 5. The minimum Gasteiger partial charge on any atom is -0.349 e. The summed E-state index contributed by atoms with van der Waals surface area (Å²) in [5.41, 5.74) is 2.95. The van der Waals surface area contributed by atoms with Crippen LogP contribution in [0.1, 0.15) is 72.7 Å². The Labute approximate surface area is 164 Å². The van der Waals surface area contributed by atoms with E-state index in [4.69, 9.17) is 4.98 Å². The van der Waals surface area contributed by atoms with Crippen LogP contribution in [0.5, 0.6) is 0 Å². The van der Waals surface area contributed by atoms with Gasteiger partial charge in [0.2, 0.25) is 0 Å². The van der Waals surface area contributed by atoms with Gasteiger partial charge < -0.3 is 5.32 Å². The first-order valence-corrected chi connectivity index (χ1v) is 12.1. The average Bonchev–Trinajstić information content (AvgIpc) is 3.55. The third-order valence-corrected chi connectivity index (χ3v) is 8.09. The van der Waals surface area contributed by atoms with E-state index in [0.29, 0.717) is 29.5 Å². The Balaban J connectivity index is 1.60. The van der Waals surface area contributed by atoms with Crippen LogP contribution in [0, 0.1) is 12.8 Å². The Morgan fingerprint density at radius 3 is 2.61 bits per heavy atom. The molecule has 0 spiro atoms. The molecule has 2 aromatic rings. The highest BCUT2D eigenvalue weighted by Crippen LogP contribution is 2.41. The van der Waals surface area contributed by atoms with Crippen LogP contribution < -0.4 is 5.32 Å². The third-order valence-electron chi connectivity index (χ3n) is 6.34. The molecule has 5 rings (SSSR count). The zero-order valence-corrected chi connectivity index (χ0v) is 17.1. The topological polar surface area (TPSA) is 93.9 Å². The number of carbonyl (C=O) groups is 1. The standard InChI is InChI=1S/C20H26N4O3S/c1-11(13-3-4-13)21-20(25)16-9-17(14-5-6-14)22-19-18(16)12(2)23-24(19)15-7-8-28(26,27)10-15/h9,11,13-15H,3-8,10H2,1-2H3,(H,21,25)/t11-,15-/m0/s1. The van der Waals surface area contributed by atoms with Gasteiger partial charge in [-0.25, -0.2) is 18.1 Å². The SMILES string of the molecule is Cc1nn([C@H]2CCS(=O)(=O)C2)c2nc(C3CC3)cc(C(=O)N[C@@H](C)C3CC3)c12. The molecule has 28 heavy (non-hydrogen) atoms. The summed E-state index contributed by atoms with van der Waals surface area (Å²) in [5.74, 6) is 1.19. The zero-order valence-electron chi connectivity index (χ0n) is 16.3. The molecule has 8 heteroatoms. The predicted octanol–water partition coefficient (Wildman–Crippen LogP) is 2.51. The Kier molecular flexibility index (Phi) is 4.05. The van der Waals surface area contributed by atoms with Crippen LogP contribution in [-0.4, -0.2) is 46.6 Å². The maximum absolute atomic E-state index is 13.1. The fourth-order valence-electron chi connectivity index (χ4n) is 4.32. The van der Waals surface area contributed by atoms with E-state index in [9.17, 15) is 13.2 Å². The van der Waals surface area contributed by atoms with Gasteiger partial charge in [0.15, 0.2) is 15.5 Å². The van der Waals surface area contributed by atoms with Crippen LogP contribution in [0.15, 0.2) is 6.07 Å². The molecule has 0 aromatic carbocycles. The maximum atomic E-state index is 13.1. The van der Waals surface area contributed by atoms with Gasteiger partial charge in [-0.15, -0.1) is 0 Å². The van der Waals surface area contributed by atoms with E-state index in [-0.39, 0.29) is 29.5 Å². The summed E-state index contributed by atoms with van der Waals surface area (Å²) < 4.78 is 25.7. The van der Waals surface area contributed by atoms with Gasteiger partial charge in [-0.3, -0.25) is 4.79 Å². The number of nitrogens with zero attached hydrogens (tertiary/aromatic N) is 3. The van der Waals surface area contributed by atoms with Gasteiger partial charge in [0, 0.05) is 17.7 Å². The normalized spacial score (nSPS) is 25.1. The fraction of sp³-hybridized carbons (Fsp3) is 0.650. The second kappa shape index (κ2) is 6.27. The lowest BCUT2D eigenvalue weighted by Gasteiger charge is -2.15. The Hall–Kier alpha value is -1.96. The van der Waals surface area contributed by atoms with E-state index >= 15 is 0 Å². The molecule has 150 valence electrons. The van der Waals surface area contributed by atoms with Crippen molar-refractivity contribution in [2.45, 2.75) is 64.0 Å². The molecule has 2 aliphatic carbocycles. The summed E-state index contributed by atoms with van der Waals surface area (Å²) in [4.78, 5) is 18.0. The monoisotopic (exact) mass is 402 g/mol. The molecule has 1 aliphatic heterocycles. The Morgan fingerprint density at radius 1 is 1.25 bits per heavy atom. The van der Waals surface area contributed by atoms with Crippen molar-refractivity contribution in [3.8, 4) is 0 Å². The number of pyridine rings is 1. The Morgan fingerprint density at radius 2 is 2.00 bits per heavy atom. The van der Waals surface area contributed by atoms with Crippen LogP contribution in [0.4, 0.5) is 0 Å². The number of sulfone groups is 1. The molecule has 1 amide bonds. The summed E-state index contributed by atoms with van der Waals surface area (Å²) in [7, 11) is -3.03. The average molecular weight is 403 g/mol. The van der Waals surface area contributed by atoms with Crippen molar-refractivity contribution < 1.29 is 13.2 Å². The molecule has 3 aliphatic rings. The number of rotatable bonds is 5. The highest BCUT2D eigenvalue weighted by Gasteiger charge is 2.35.